The van der Waals surface area contributed by atoms with Crippen molar-refractivity contribution >= 4 is 0 Å². The molecule has 0 spiro atoms. The van der Waals surface area contributed by atoms with E-state index in [4.69, 9.17) is 0 Å². The van der Waals surface area contributed by atoms with Crippen LogP contribution in [0.15, 0.2) is 24.3 Å². The summed E-state index contributed by atoms with van der Waals surface area (Å²) in [5.74, 6) is 0.423. The number of rotatable bonds is 3. The zero-order valence-electron chi connectivity index (χ0n) is 10.2. The van der Waals surface area contributed by atoms with E-state index in [0.717, 1.165) is 12.1 Å². The molecule has 88 valence electrons. The first-order valence-corrected chi connectivity index (χ1v) is 6.10. The van der Waals surface area contributed by atoms with Gasteiger partial charge in [0.15, 0.2) is 0 Å². The third kappa shape index (κ3) is 2.38. The number of phenols is 1. The molecule has 0 aliphatic carbocycles. The number of hydrogen-bond acceptors (Lipinski definition) is 2. The Hall–Kier alpha value is -1.02. The molecule has 2 nitrogen and oxygen atoms in total. The molecular formula is C14H21NO. The van der Waals surface area contributed by atoms with E-state index in [9.17, 15) is 5.11 Å². The second kappa shape index (κ2) is 4.46. The lowest BCUT2D eigenvalue weighted by Gasteiger charge is -2.31. The van der Waals surface area contributed by atoms with Gasteiger partial charge in [-0.05, 0) is 32.0 Å². The van der Waals surface area contributed by atoms with E-state index in [0.29, 0.717) is 5.75 Å². The predicted molar refractivity (Wildman–Crippen MR) is 66.8 cm³/mol. The number of hydrogen-bond donors (Lipinski definition) is 1. The van der Waals surface area contributed by atoms with Crippen LogP contribution in [0.5, 0.6) is 5.75 Å². The van der Waals surface area contributed by atoms with Gasteiger partial charge in [-0.3, -0.25) is 0 Å². The second-order valence-electron chi connectivity index (χ2n) is 5.38. The Morgan fingerprint density at radius 2 is 1.81 bits per heavy atom. The van der Waals surface area contributed by atoms with Crippen LogP contribution in [-0.2, 0) is 5.41 Å². The zero-order chi connectivity index (χ0) is 11.6. The molecule has 1 heterocycles. The van der Waals surface area contributed by atoms with Crippen molar-refractivity contribution < 1.29 is 5.11 Å². The van der Waals surface area contributed by atoms with Gasteiger partial charge in [-0.25, -0.2) is 0 Å². The van der Waals surface area contributed by atoms with E-state index in [2.05, 4.69) is 18.7 Å². The Bertz CT molecular complexity index is 354. The van der Waals surface area contributed by atoms with Crippen molar-refractivity contribution in [2.24, 2.45) is 0 Å². The van der Waals surface area contributed by atoms with Crippen molar-refractivity contribution in [3.05, 3.63) is 29.8 Å². The van der Waals surface area contributed by atoms with Gasteiger partial charge in [0, 0.05) is 17.5 Å². The minimum absolute atomic E-state index is 0.0235. The summed E-state index contributed by atoms with van der Waals surface area (Å²) in [5, 5.41) is 9.90. The van der Waals surface area contributed by atoms with Gasteiger partial charge in [-0.2, -0.15) is 0 Å². The fourth-order valence-electron chi connectivity index (χ4n) is 2.63. The number of benzene rings is 1. The predicted octanol–water partition coefficient (Wildman–Crippen LogP) is 2.77. The molecule has 1 fully saturated rings. The van der Waals surface area contributed by atoms with E-state index >= 15 is 0 Å². The minimum Gasteiger partial charge on any atom is -0.508 e. The van der Waals surface area contributed by atoms with Crippen molar-refractivity contribution in [2.45, 2.75) is 32.1 Å². The largest absolute Gasteiger partial charge is 0.508 e. The van der Waals surface area contributed by atoms with Gasteiger partial charge in [0.05, 0.1) is 0 Å². The van der Waals surface area contributed by atoms with E-state index in [1.165, 1.54) is 25.9 Å². The van der Waals surface area contributed by atoms with Gasteiger partial charge in [0.2, 0.25) is 0 Å². The highest BCUT2D eigenvalue weighted by Crippen LogP contribution is 2.32. The topological polar surface area (TPSA) is 23.5 Å². The lowest BCUT2D eigenvalue weighted by atomic mass is 9.83. The highest BCUT2D eigenvalue weighted by molar-refractivity contribution is 5.37. The molecule has 16 heavy (non-hydrogen) atoms. The molecule has 0 saturated carbocycles. The maximum Gasteiger partial charge on any atom is 0.119 e. The molecule has 0 aromatic heterocycles. The van der Waals surface area contributed by atoms with Gasteiger partial charge in [-0.1, -0.05) is 32.0 Å². The Morgan fingerprint density at radius 1 is 1.19 bits per heavy atom. The summed E-state index contributed by atoms with van der Waals surface area (Å²) in [6, 6.07) is 7.69. The Balaban J connectivity index is 2.14. The van der Waals surface area contributed by atoms with Crippen molar-refractivity contribution in [1.29, 1.82) is 0 Å². The fourth-order valence-corrected chi connectivity index (χ4v) is 2.63. The van der Waals surface area contributed by atoms with Gasteiger partial charge in [0.1, 0.15) is 5.75 Å². The van der Waals surface area contributed by atoms with Gasteiger partial charge in [0.25, 0.3) is 0 Å². The molecule has 1 aliphatic rings. The first kappa shape index (κ1) is 11.5. The average Bonchev–Trinajstić information content (AvgIpc) is 2.70. The van der Waals surface area contributed by atoms with Gasteiger partial charge >= 0.3 is 0 Å². The lowest BCUT2D eigenvalue weighted by molar-refractivity contribution is 0.265. The summed E-state index contributed by atoms with van der Waals surface area (Å²) in [6.45, 7) is 7.86. The number of likely N-dealkylation sites (tertiary alicyclic amines) is 1. The maximum atomic E-state index is 9.90. The van der Waals surface area contributed by atoms with E-state index in [-0.39, 0.29) is 5.41 Å². The van der Waals surface area contributed by atoms with Crippen LogP contribution in [0, 0.1) is 0 Å². The minimum atomic E-state index is 0.0235. The maximum absolute atomic E-state index is 9.90. The van der Waals surface area contributed by atoms with Crippen LogP contribution >= 0.6 is 0 Å². The molecule has 0 amide bonds. The Labute approximate surface area is 97.9 Å². The fraction of sp³-hybridized carbons (Fsp3) is 0.571. The highest BCUT2D eigenvalue weighted by atomic mass is 16.3. The first-order valence-electron chi connectivity index (χ1n) is 6.10. The lowest BCUT2D eigenvalue weighted by Crippen LogP contribution is -2.35. The van der Waals surface area contributed by atoms with Crippen LogP contribution < -0.4 is 0 Å². The van der Waals surface area contributed by atoms with Crippen molar-refractivity contribution in [1.82, 2.24) is 4.90 Å². The Morgan fingerprint density at radius 3 is 2.44 bits per heavy atom. The zero-order valence-corrected chi connectivity index (χ0v) is 10.2. The molecule has 0 atom stereocenters. The Kier molecular flexibility index (Phi) is 3.20. The quantitative estimate of drug-likeness (QED) is 0.845. The van der Waals surface area contributed by atoms with Crippen molar-refractivity contribution in [3.63, 3.8) is 0 Å². The molecule has 1 aromatic carbocycles. The first-order chi connectivity index (χ1) is 7.59. The molecular weight excluding hydrogens is 198 g/mol. The standard InChI is InChI=1S/C14H21NO/c1-14(2,11-15-9-5-6-10-15)12-7-3-4-8-13(12)16/h3-4,7-8,16H,5-6,9-11H2,1-2H3. The van der Waals surface area contributed by atoms with Crippen LogP contribution in [0.4, 0.5) is 0 Å². The summed E-state index contributed by atoms with van der Waals surface area (Å²) in [7, 11) is 0. The van der Waals surface area contributed by atoms with Gasteiger partial charge in [-0.15, -0.1) is 0 Å². The summed E-state index contributed by atoms with van der Waals surface area (Å²) < 4.78 is 0. The number of para-hydroxylation sites is 1. The number of phenolic OH excluding ortho intramolecular Hbond substituents is 1. The second-order valence-corrected chi connectivity index (χ2v) is 5.38. The SMILES string of the molecule is CC(C)(CN1CCCC1)c1ccccc1O. The monoisotopic (exact) mass is 219 g/mol. The molecule has 1 aliphatic heterocycles. The summed E-state index contributed by atoms with van der Waals surface area (Å²) in [5.41, 5.74) is 1.08. The van der Waals surface area contributed by atoms with Crippen LogP contribution in [0.3, 0.4) is 0 Å². The highest BCUT2D eigenvalue weighted by Gasteiger charge is 2.27. The van der Waals surface area contributed by atoms with E-state index in [1.807, 2.05) is 18.2 Å². The van der Waals surface area contributed by atoms with Crippen LogP contribution in [0.1, 0.15) is 32.3 Å². The van der Waals surface area contributed by atoms with E-state index < -0.39 is 0 Å². The molecule has 1 saturated heterocycles. The molecule has 0 unspecified atom stereocenters. The summed E-state index contributed by atoms with van der Waals surface area (Å²) >= 11 is 0. The number of aromatic hydroxyl groups is 1. The molecule has 1 aromatic rings. The van der Waals surface area contributed by atoms with Gasteiger partial charge < -0.3 is 10.0 Å². The van der Waals surface area contributed by atoms with Crippen LogP contribution in [0.25, 0.3) is 0 Å². The normalized spacial score (nSPS) is 17.9. The summed E-state index contributed by atoms with van der Waals surface area (Å²) in [6.07, 6.45) is 2.63. The smallest absolute Gasteiger partial charge is 0.119 e. The van der Waals surface area contributed by atoms with Crippen LogP contribution in [-0.4, -0.2) is 29.6 Å². The number of nitrogens with zero attached hydrogens (tertiary/aromatic N) is 1. The van der Waals surface area contributed by atoms with Crippen molar-refractivity contribution in [3.8, 4) is 5.75 Å². The third-order valence-corrected chi connectivity index (χ3v) is 3.45. The average molecular weight is 219 g/mol. The molecule has 2 rings (SSSR count). The molecule has 0 radical (unpaired) electrons. The molecule has 0 bridgehead atoms. The molecule has 2 heteroatoms. The molecule has 1 N–H and O–H groups in total. The third-order valence-electron chi connectivity index (χ3n) is 3.45. The van der Waals surface area contributed by atoms with Crippen molar-refractivity contribution in [2.75, 3.05) is 19.6 Å². The van der Waals surface area contributed by atoms with Crippen LogP contribution in [0.2, 0.25) is 0 Å². The summed E-state index contributed by atoms with van der Waals surface area (Å²) in [4.78, 5) is 2.49. The van der Waals surface area contributed by atoms with E-state index in [1.54, 1.807) is 6.07 Å².